The molecule has 1 saturated heterocycles. The summed E-state index contributed by atoms with van der Waals surface area (Å²) in [6, 6.07) is 10.0. The molecule has 4 rings (SSSR count). The molecule has 3 heterocycles. The lowest BCUT2D eigenvalue weighted by molar-refractivity contribution is 0.0589. The highest BCUT2D eigenvalue weighted by molar-refractivity contribution is 5.92. The third-order valence-corrected chi connectivity index (χ3v) is 4.69. The molecule has 7 heteroatoms. The number of carbonyl (C=O) groups excluding carboxylic acids is 1. The van der Waals surface area contributed by atoms with Crippen molar-refractivity contribution in [3.05, 3.63) is 54.2 Å². The van der Waals surface area contributed by atoms with Crippen LogP contribution in [-0.2, 0) is 7.05 Å². The van der Waals surface area contributed by atoms with Gasteiger partial charge in [0.25, 0.3) is 5.91 Å². The number of H-pyrrole nitrogens is 1. The summed E-state index contributed by atoms with van der Waals surface area (Å²) in [6.45, 7) is 0.718. The van der Waals surface area contributed by atoms with Crippen LogP contribution in [0.4, 0.5) is 0 Å². The summed E-state index contributed by atoms with van der Waals surface area (Å²) < 4.78 is 1.52. The molecule has 0 radical (unpaired) electrons. The highest BCUT2D eigenvalue weighted by Crippen LogP contribution is 2.31. The molecule has 1 atom stereocenters. The number of piperidine rings is 1. The van der Waals surface area contributed by atoms with Crippen LogP contribution in [0.5, 0.6) is 0 Å². The molecule has 128 valence electrons. The van der Waals surface area contributed by atoms with Gasteiger partial charge in [0.15, 0.2) is 0 Å². The van der Waals surface area contributed by atoms with Crippen LogP contribution < -0.4 is 0 Å². The topological polar surface area (TPSA) is 79.7 Å². The molecule has 1 aromatic carbocycles. The Morgan fingerprint density at radius 1 is 1.20 bits per heavy atom. The van der Waals surface area contributed by atoms with E-state index in [0.717, 1.165) is 42.9 Å². The first-order valence-corrected chi connectivity index (χ1v) is 8.50. The Hall–Kier alpha value is -2.96. The van der Waals surface area contributed by atoms with Crippen LogP contribution >= 0.6 is 0 Å². The number of nitrogens with one attached hydrogen (secondary N) is 1. The number of hydrogen-bond acceptors (Lipinski definition) is 4. The van der Waals surface area contributed by atoms with Crippen LogP contribution in [0.25, 0.3) is 11.3 Å². The Labute approximate surface area is 145 Å². The van der Waals surface area contributed by atoms with E-state index in [1.165, 1.54) is 10.9 Å². The van der Waals surface area contributed by atoms with Gasteiger partial charge in [0.05, 0.1) is 24.1 Å². The summed E-state index contributed by atoms with van der Waals surface area (Å²) in [5.74, 6) is 0.789. The quantitative estimate of drug-likeness (QED) is 0.797. The highest BCUT2D eigenvalue weighted by Gasteiger charge is 2.32. The number of aromatic amines is 1. The van der Waals surface area contributed by atoms with Gasteiger partial charge in [-0.1, -0.05) is 35.5 Å². The van der Waals surface area contributed by atoms with E-state index >= 15 is 0 Å². The van der Waals surface area contributed by atoms with E-state index in [1.807, 2.05) is 41.4 Å². The number of aryl methyl sites for hydroxylation is 1. The summed E-state index contributed by atoms with van der Waals surface area (Å²) in [6.07, 6.45) is 6.34. The molecule has 0 saturated carbocycles. The van der Waals surface area contributed by atoms with Gasteiger partial charge in [0.1, 0.15) is 11.5 Å². The van der Waals surface area contributed by atoms with Gasteiger partial charge in [0, 0.05) is 13.6 Å². The molecule has 2 aromatic heterocycles. The number of rotatable bonds is 3. The molecule has 0 bridgehead atoms. The first-order valence-electron chi connectivity index (χ1n) is 8.50. The predicted molar refractivity (Wildman–Crippen MR) is 92.7 cm³/mol. The van der Waals surface area contributed by atoms with Crippen LogP contribution in [0.2, 0.25) is 0 Å². The number of hydrogen-bond donors (Lipinski definition) is 1. The zero-order chi connectivity index (χ0) is 17.2. The average Bonchev–Trinajstić information content (AvgIpc) is 3.31. The van der Waals surface area contributed by atoms with E-state index < -0.39 is 0 Å². The van der Waals surface area contributed by atoms with E-state index in [0.29, 0.717) is 5.69 Å². The lowest BCUT2D eigenvalue weighted by atomic mass is 10.0. The summed E-state index contributed by atoms with van der Waals surface area (Å²) in [7, 11) is 1.74. The Bertz CT molecular complexity index is 869. The molecule has 3 aromatic rings. The van der Waals surface area contributed by atoms with Crippen molar-refractivity contribution in [2.45, 2.75) is 25.3 Å². The van der Waals surface area contributed by atoms with E-state index in [1.54, 1.807) is 7.05 Å². The van der Waals surface area contributed by atoms with Gasteiger partial charge in [0.2, 0.25) is 0 Å². The monoisotopic (exact) mass is 336 g/mol. The van der Waals surface area contributed by atoms with Gasteiger partial charge >= 0.3 is 0 Å². The van der Waals surface area contributed by atoms with Gasteiger partial charge in [-0.15, -0.1) is 5.10 Å². The lowest BCUT2D eigenvalue weighted by Crippen LogP contribution is -2.39. The summed E-state index contributed by atoms with van der Waals surface area (Å²) in [4.78, 5) is 22.8. The minimum atomic E-state index is -0.0476. The minimum Gasteiger partial charge on any atom is -0.340 e. The molecule has 7 nitrogen and oxygen atoms in total. The number of aromatic nitrogens is 5. The maximum atomic E-state index is 12.9. The molecular weight excluding hydrogens is 316 g/mol. The number of amides is 1. The third kappa shape index (κ3) is 2.93. The molecular formula is C18H20N6O. The maximum Gasteiger partial charge on any atom is 0.274 e. The molecule has 0 spiro atoms. The molecule has 0 aliphatic carbocycles. The zero-order valence-electron chi connectivity index (χ0n) is 14.1. The largest absolute Gasteiger partial charge is 0.340 e. The van der Waals surface area contributed by atoms with Crippen molar-refractivity contribution in [1.82, 2.24) is 29.9 Å². The SMILES string of the molecule is Cn1nncc1C(=O)N1CCCC[C@@H]1c1ncc(-c2ccccc2)[nH]1. The molecule has 0 unspecified atom stereocenters. The van der Waals surface area contributed by atoms with Crippen molar-refractivity contribution in [1.29, 1.82) is 0 Å². The van der Waals surface area contributed by atoms with Crippen LogP contribution in [0.3, 0.4) is 0 Å². The highest BCUT2D eigenvalue weighted by atomic mass is 16.2. The Kier molecular flexibility index (Phi) is 4.05. The van der Waals surface area contributed by atoms with Gasteiger partial charge in [-0.05, 0) is 24.8 Å². The Balaban J connectivity index is 1.63. The van der Waals surface area contributed by atoms with Gasteiger partial charge in [-0.2, -0.15) is 0 Å². The van der Waals surface area contributed by atoms with Crippen molar-refractivity contribution < 1.29 is 4.79 Å². The van der Waals surface area contributed by atoms with Gasteiger partial charge < -0.3 is 9.88 Å². The second-order valence-corrected chi connectivity index (χ2v) is 6.30. The van der Waals surface area contributed by atoms with Crippen LogP contribution in [0, 0.1) is 0 Å². The average molecular weight is 336 g/mol. The standard InChI is InChI=1S/C18H20N6O/c1-23-16(12-20-22-23)18(25)24-10-6-5-9-15(24)17-19-11-14(21-17)13-7-3-2-4-8-13/h2-4,7-8,11-12,15H,5-6,9-10H2,1H3,(H,19,21)/t15-/m1/s1. The minimum absolute atomic E-state index is 0.0464. The van der Waals surface area contributed by atoms with Crippen molar-refractivity contribution >= 4 is 5.91 Å². The maximum absolute atomic E-state index is 12.9. The van der Waals surface area contributed by atoms with Crippen molar-refractivity contribution in [3.8, 4) is 11.3 Å². The third-order valence-electron chi connectivity index (χ3n) is 4.69. The van der Waals surface area contributed by atoms with Crippen LogP contribution in [0.15, 0.2) is 42.7 Å². The van der Waals surface area contributed by atoms with E-state index in [9.17, 15) is 4.79 Å². The predicted octanol–water partition coefficient (Wildman–Crippen LogP) is 2.57. The van der Waals surface area contributed by atoms with Crippen LogP contribution in [-0.4, -0.2) is 42.3 Å². The normalized spacial score (nSPS) is 17.6. The molecule has 1 aliphatic heterocycles. The summed E-state index contributed by atoms with van der Waals surface area (Å²) in [5.41, 5.74) is 2.56. The number of carbonyl (C=O) groups is 1. The first kappa shape index (κ1) is 15.6. The number of nitrogens with zero attached hydrogens (tertiary/aromatic N) is 5. The number of imidazole rings is 1. The summed E-state index contributed by atoms with van der Waals surface area (Å²) >= 11 is 0. The smallest absolute Gasteiger partial charge is 0.274 e. The molecule has 25 heavy (non-hydrogen) atoms. The second-order valence-electron chi connectivity index (χ2n) is 6.30. The van der Waals surface area contributed by atoms with Crippen molar-refractivity contribution in [3.63, 3.8) is 0 Å². The van der Waals surface area contributed by atoms with E-state index in [-0.39, 0.29) is 11.9 Å². The molecule has 1 amide bonds. The van der Waals surface area contributed by atoms with Gasteiger partial charge in [-0.3, -0.25) is 4.79 Å². The van der Waals surface area contributed by atoms with E-state index in [2.05, 4.69) is 20.3 Å². The second kappa shape index (κ2) is 6.51. The van der Waals surface area contributed by atoms with Crippen molar-refractivity contribution in [2.24, 2.45) is 7.05 Å². The first-order chi connectivity index (χ1) is 12.2. The molecule has 1 aliphatic rings. The van der Waals surface area contributed by atoms with Crippen LogP contribution in [0.1, 0.15) is 41.6 Å². The molecule has 1 N–H and O–H groups in total. The number of likely N-dealkylation sites (tertiary alicyclic amines) is 1. The Morgan fingerprint density at radius 2 is 2.04 bits per heavy atom. The lowest BCUT2D eigenvalue weighted by Gasteiger charge is -2.34. The fraction of sp³-hybridized carbons (Fsp3) is 0.333. The summed E-state index contributed by atoms with van der Waals surface area (Å²) in [5, 5.41) is 7.69. The molecule has 1 fully saturated rings. The Morgan fingerprint density at radius 3 is 2.80 bits per heavy atom. The fourth-order valence-electron chi connectivity index (χ4n) is 3.36. The van der Waals surface area contributed by atoms with Gasteiger partial charge in [-0.25, -0.2) is 9.67 Å². The van der Waals surface area contributed by atoms with E-state index in [4.69, 9.17) is 0 Å². The fourth-order valence-corrected chi connectivity index (χ4v) is 3.36. The van der Waals surface area contributed by atoms with Crippen molar-refractivity contribution in [2.75, 3.05) is 6.54 Å². The zero-order valence-corrected chi connectivity index (χ0v) is 14.1. The number of benzene rings is 1.